The van der Waals surface area contributed by atoms with Gasteiger partial charge in [-0.1, -0.05) is 6.07 Å². The number of piperidine rings is 1. The maximum atomic E-state index is 12.4. The Morgan fingerprint density at radius 1 is 1.31 bits per heavy atom. The van der Waals surface area contributed by atoms with Crippen LogP contribution in [0.3, 0.4) is 0 Å². The zero-order chi connectivity index (χ0) is 21.8. The number of amides is 4. The lowest BCUT2D eigenvalue weighted by Crippen LogP contribution is -2.52. The molecule has 1 saturated heterocycles. The second-order valence-electron chi connectivity index (χ2n) is 7.44. The molecule has 1 atom stereocenters. The summed E-state index contributed by atoms with van der Waals surface area (Å²) in [5, 5.41) is 18.4. The average Bonchev–Trinajstić information content (AvgIpc) is 2.60. The molecule has 1 aromatic carbocycles. The number of nitrogens with one attached hydrogen (secondary N) is 3. The number of rotatable bonds is 5. The second-order valence-corrected chi connectivity index (χ2v) is 7.44. The Morgan fingerprint density at radius 3 is 2.59 bits per heavy atom. The SMILES string of the molecule is CC(C)(C)OC(=O)NCc1ccc(C(=O)NC2CCC(=O)NC2=O)c([N+](=O)[O-])c1. The molecule has 29 heavy (non-hydrogen) atoms. The maximum Gasteiger partial charge on any atom is 0.407 e. The van der Waals surface area contributed by atoms with Crippen LogP contribution in [0.1, 0.15) is 49.5 Å². The fourth-order valence-corrected chi connectivity index (χ4v) is 2.59. The van der Waals surface area contributed by atoms with E-state index in [4.69, 9.17) is 4.74 Å². The standard InChI is InChI=1S/C18H22N4O7/c1-18(2,3)29-17(26)19-9-10-4-5-11(13(8-10)22(27)28)15(24)20-12-6-7-14(23)21-16(12)25/h4-5,8,12H,6-7,9H2,1-3H3,(H,19,26)(H,20,24)(H,21,23,25). The summed E-state index contributed by atoms with van der Waals surface area (Å²) in [7, 11) is 0. The van der Waals surface area contributed by atoms with E-state index in [2.05, 4.69) is 16.0 Å². The molecule has 1 heterocycles. The van der Waals surface area contributed by atoms with E-state index < -0.39 is 46.1 Å². The van der Waals surface area contributed by atoms with E-state index in [-0.39, 0.29) is 24.9 Å². The molecule has 11 heteroatoms. The van der Waals surface area contributed by atoms with Crippen molar-refractivity contribution in [1.29, 1.82) is 0 Å². The molecular formula is C18H22N4O7. The van der Waals surface area contributed by atoms with E-state index in [0.717, 1.165) is 6.07 Å². The number of benzene rings is 1. The van der Waals surface area contributed by atoms with Gasteiger partial charge in [0.25, 0.3) is 11.6 Å². The van der Waals surface area contributed by atoms with Crippen LogP contribution in [0.2, 0.25) is 0 Å². The van der Waals surface area contributed by atoms with Gasteiger partial charge in [-0.2, -0.15) is 0 Å². The van der Waals surface area contributed by atoms with Gasteiger partial charge in [0.2, 0.25) is 11.8 Å². The number of nitro groups is 1. The summed E-state index contributed by atoms with van der Waals surface area (Å²) in [4.78, 5) is 57.7. The van der Waals surface area contributed by atoms with Crippen LogP contribution in [0.5, 0.6) is 0 Å². The summed E-state index contributed by atoms with van der Waals surface area (Å²) in [5.41, 5.74) is -1.01. The Hall–Kier alpha value is -3.50. The van der Waals surface area contributed by atoms with E-state index >= 15 is 0 Å². The van der Waals surface area contributed by atoms with Crippen LogP contribution in [-0.2, 0) is 20.9 Å². The van der Waals surface area contributed by atoms with Crippen LogP contribution >= 0.6 is 0 Å². The number of carbonyl (C=O) groups excluding carboxylic acids is 4. The van der Waals surface area contributed by atoms with Crippen molar-refractivity contribution < 1.29 is 28.8 Å². The van der Waals surface area contributed by atoms with Crippen molar-refractivity contribution in [3.05, 3.63) is 39.4 Å². The smallest absolute Gasteiger partial charge is 0.407 e. The Labute approximate surface area is 166 Å². The third-order valence-electron chi connectivity index (χ3n) is 3.88. The van der Waals surface area contributed by atoms with E-state index in [0.29, 0.717) is 5.56 Å². The van der Waals surface area contributed by atoms with E-state index in [1.807, 2.05) is 0 Å². The predicted octanol–water partition coefficient (Wildman–Crippen LogP) is 1.15. The van der Waals surface area contributed by atoms with Gasteiger partial charge in [0.1, 0.15) is 17.2 Å². The molecule has 1 aliphatic rings. The molecule has 0 saturated carbocycles. The molecule has 2 rings (SSSR count). The molecule has 11 nitrogen and oxygen atoms in total. The highest BCUT2D eigenvalue weighted by molar-refractivity contribution is 6.04. The van der Waals surface area contributed by atoms with Gasteiger partial charge in [-0.05, 0) is 38.8 Å². The van der Waals surface area contributed by atoms with Gasteiger partial charge >= 0.3 is 6.09 Å². The van der Waals surface area contributed by atoms with Crippen molar-refractivity contribution in [2.24, 2.45) is 0 Å². The van der Waals surface area contributed by atoms with Gasteiger partial charge in [-0.3, -0.25) is 29.8 Å². The summed E-state index contributed by atoms with van der Waals surface area (Å²) < 4.78 is 5.09. The van der Waals surface area contributed by atoms with Crippen molar-refractivity contribution in [2.75, 3.05) is 0 Å². The molecule has 1 fully saturated rings. The molecular weight excluding hydrogens is 384 g/mol. The first-order valence-electron chi connectivity index (χ1n) is 8.85. The molecule has 3 N–H and O–H groups in total. The zero-order valence-corrected chi connectivity index (χ0v) is 16.2. The maximum absolute atomic E-state index is 12.4. The number of hydrogen-bond donors (Lipinski definition) is 3. The van der Waals surface area contributed by atoms with Crippen molar-refractivity contribution in [3.8, 4) is 0 Å². The first kappa shape index (κ1) is 21.8. The number of ether oxygens (including phenoxy) is 1. The number of alkyl carbamates (subject to hydrolysis) is 1. The first-order chi connectivity index (χ1) is 13.5. The van der Waals surface area contributed by atoms with E-state index in [1.165, 1.54) is 12.1 Å². The number of nitro benzene ring substituents is 1. The summed E-state index contributed by atoms with van der Waals surface area (Å²) >= 11 is 0. The molecule has 0 bridgehead atoms. The van der Waals surface area contributed by atoms with Crippen LogP contribution < -0.4 is 16.0 Å². The van der Waals surface area contributed by atoms with Gasteiger partial charge in [0, 0.05) is 19.0 Å². The Balaban J connectivity index is 2.10. The molecule has 156 valence electrons. The number of nitrogens with zero attached hydrogens (tertiary/aromatic N) is 1. The number of imide groups is 1. The van der Waals surface area contributed by atoms with E-state index in [9.17, 15) is 29.3 Å². The summed E-state index contributed by atoms with van der Waals surface area (Å²) in [6.45, 7) is 5.07. The molecule has 0 aromatic heterocycles. The Morgan fingerprint density at radius 2 is 2.00 bits per heavy atom. The lowest BCUT2D eigenvalue weighted by molar-refractivity contribution is -0.385. The fourth-order valence-electron chi connectivity index (χ4n) is 2.59. The number of hydrogen-bond acceptors (Lipinski definition) is 7. The minimum Gasteiger partial charge on any atom is -0.444 e. The first-order valence-corrected chi connectivity index (χ1v) is 8.85. The topological polar surface area (TPSA) is 157 Å². The largest absolute Gasteiger partial charge is 0.444 e. The van der Waals surface area contributed by atoms with Crippen molar-refractivity contribution in [2.45, 2.75) is 51.8 Å². The lowest BCUT2D eigenvalue weighted by Gasteiger charge is -2.21. The molecule has 1 aliphatic heterocycles. The van der Waals surface area contributed by atoms with Crippen molar-refractivity contribution >= 4 is 29.5 Å². The molecule has 1 aromatic rings. The monoisotopic (exact) mass is 406 g/mol. The predicted molar refractivity (Wildman–Crippen MR) is 99.8 cm³/mol. The van der Waals surface area contributed by atoms with Crippen LogP contribution in [0.4, 0.5) is 10.5 Å². The Kier molecular flexibility index (Phi) is 6.52. The fraction of sp³-hybridized carbons (Fsp3) is 0.444. The highest BCUT2D eigenvalue weighted by Crippen LogP contribution is 2.21. The molecule has 0 radical (unpaired) electrons. The summed E-state index contributed by atoms with van der Waals surface area (Å²) in [6, 6.07) is 2.90. The second kappa shape index (κ2) is 8.67. The summed E-state index contributed by atoms with van der Waals surface area (Å²) in [5.74, 6) is -1.90. The Bertz CT molecular complexity index is 860. The third kappa shape index (κ3) is 6.26. The normalized spacial score (nSPS) is 16.6. The van der Waals surface area contributed by atoms with Gasteiger partial charge < -0.3 is 15.4 Å². The number of carbonyl (C=O) groups is 4. The van der Waals surface area contributed by atoms with Crippen LogP contribution in [0.25, 0.3) is 0 Å². The van der Waals surface area contributed by atoms with Crippen molar-refractivity contribution in [3.63, 3.8) is 0 Å². The van der Waals surface area contributed by atoms with Gasteiger partial charge in [-0.25, -0.2) is 4.79 Å². The van der Waals surface area contributed by atoms with Crippen LogP contribution in [-0.4, -0.2) is 40.4 Å². The molecule has 1 unspecified atom stereocenters. The highest BCUT2D eigenvalue weighted by Gasteiger charge is 2.30. The minimum atomic E-state index is -0.951. The quantitative estimate of drug-likeness (QED) is 0.376. The zero-order valence-electron chi connectivity index (χ0n) is 16.2. The summed E-state index contributed by atoms with van der Waals surface area (Å²) in [6.07, 6.45) is -0.504. The molecule has 0 spiro atoms. The van der Waals surface area contributed by atoms with E-state index in [1.54, 1.807) is 20.8 Å². The molecule has 4 amide bonds. The van der Waals surface area contributed by atoms with Crippen molar-refractivity contribution in [1.82, 2.24) is 16.0 Å². The van der Waals surface area contributed by atoms with Gasteiger partial charge in [-0.15, -0.1) is 0 Å². The third-order valence-corrected chi connectivity index (χ3v) is 3.88. The average molecular weight is 406 g/mol. The van der Waals surface area contributed by atoms with Crippen LogP contribution in [0.15, 0.2) is 18.2 Å². The van der Waals surface area contributed by atoms with Gasteiger partial charge in [0.05, 0.1) is 4.92 Å². The lowest BCUT2D eigenvalue weighted by atomic mass is 10.0. The van der Waals surface area contributed by atoms with Crippen LogP contribution in [0, 0.1) is 10.1 Å². The highest BCUT2D eigenvalue weighted by atomic mass is 16.6. The van der Waals surface area contributed by atoms with Gasteiger partial charge in [0.15, 0.2) is 0 Å². The minimum absolute atomic E-state index is 0.0369. The molecule has 0 aliphatic carbocycles.